The molecular weight excluding hydrogens is 384 g/mol. The Morgan fingerprint density at radius 2 is 2.10 bits per heavy atom. The molecule has 2 aromatic rings. The van der Waals surface area contributed by atoms with E-state index in [-0.39, 0.29) is 18.4 Å². The standard InChI is InChI=1S/C21H30N4O2.CH2O2/c1-24-18-9-3-2-8-17(18)23-19(24)10-6-13-22-20(26)25-14-12-21(27)11-5-4-7-16(21)15-25;2-1-3/h2-3,8-9,16,27H,4-7,10-15H2,1H3,(H,22,26);1H,(H,2,3)/t16-,21-;/m0./s1. The lowest BCUT2D eigenvalue weighted by Gasteiger charge is -2.47. The molecular formula is C22H32N4O4. The van der Waals surface area contributed by atoms with Gasteiger partial charge in [0, 0.05) is 39.0 Å². The Kier molecular flexibility index (Phi) is 7.31. The molecule has 1 aromatic carbocycles. The van der Waals surface area contributed by atoms with Gasteiger partial charge < -0.3 is 25.0 Å². The number of carbonyl (C=O) groups excluding carboxylic acids is 1. The van der Waals surface area contributed by atoms with Crippen molar-refractivity contribution in [3.05, 3.63) is 30.1 Å². The minimum atomic E-state index is -0.533. The first-order valence-electron chi connectivity index (χ1n) is 10.7. The zero-order valence-electron chi connectivity index (χ0n) is 17.6. The number of benzene rings is 1. The first-order valence-corrected chi connectivity index (χ1v) is 10.7. The van der Waals surface area contributed by atoms with Gasteiger partial charge in [0.15, 0.2) is 0 Å². The third kappa shape index (κ3) is 4.92. The molecule has 2 heterocycles. The van der Waals surface area contributed by atoms with Crippen LogP contribution in [0.15, 0.2) is 24.3 Å². The first-order chi connectivity index (χ1) is 14.5. The second-order valence-corrected chi connectivity index (χ2v) is 8.26. The second kappa shape index (κ2) is 9.93. The summed E-state index contributed by atoms with van der Waals surface area (Å²) in [6, 6.07) is 8.15. The van der Waals surface area contributed by atoms with Gasteiger partial charge in [0.25, 0.3) is 6.47 Å². The van der Waals surface area contributed by atoms with E-state index in [0.29, 0.717) is 26.1 Å². The number of carbonyl (C=O) groups is 2. The molecule has 0 bridgehead atoms. The Bertz CT molecular complexity index is 868. The maximum Gasteiger partial charge on any atom is 0.317 e. The molecule has 3 N–H and O–H groups in total. The van der Waals surface area contributed by atoms with Crippen LogP contribution in [0.4, 0.5) is 4.79 Å². The van der Waals surface area contributed by atoms with Crippen LogP contribution in [-0.2, 0) is 18.3 Å². The summed E-state index contributed by atoms with van der Waals surface area (Å²) in [5.41, 5.74) is 1.63. The topological polar surface area (TPSA) is 108 Å². The number of para-hydroxylation sites is 2. The Labute approximate surface area is 176 Å². The second-order valence-electron chi connectivity index (χ2n) is 8.26. The average Bonchev–Trinajstić information content (AvgIpc) is 3.07. The van der Waals surface area contributed by atoms with Gasteiger partial charge in [0.05, 0.1) is 16.6 Å². The van der Waals surface area contributed by atoms with Gasteiger partial charge in [-0.15, -0.1) is 0 Å². The first kappa shape index (κ1) is 22.1. The van der Waals surface area contributed by atoms with Crippen molar-refractivity contribution in [1.29, 1.82) is 0 Å². The molecule has 2 atom stereocenters. The Morgan fingerprint density at radius 1 is 1.33 bits per heavy atom. The number of aromatic nitrogens is 2. The minimum absolute atomic E-state index is 0.00706. The van der Waals surface area contributed by atoms with Gasteiger partial charge in [-0.25, -0.2) is 9.78 Å². The lowest BCUT2D eigenvalue weighted by Crippen LogP contribution is -2.56. The molecule has 8 nitrogen and oxygen atoms in total. The van der Waals surface area contributed by atoms with E-state index in [1.165, 1.54) is 6.42 Å². The van der Waals surface area contributed by atoms with Crippen LogP contribution in [0.2, 0.25) is 0 Å². The maximum absolute atomic E-state index is 12.5. The van der Waals surface area contributed by atoms with Gasteiger partial charge in [0.1, 0.15) is 5.82 Å². The summed E-state index contributed by atoms with van der Waals surface area (Å²) in [7, 11) is 2.04. The van der Waals surface area contributed by atoms with Gasteiger partial charge in [-0.2, -0.15) is 0 Å². The Hall–Kier alpha value is -2.61. The molecule has 0 unspecified atom stereocenters. The molecule has 1 saturated heterocycles. The monoisotopic (exact) mass is 416 g/mol. The number of rotatable bonds is 4. The lowest BCUT2D eigenvalue weighted by molar-refractivity contribution is -0.122. The van der Waals surface area contributed by atoms with Crippen molar-refractivity contribution in [3.8, 4) is 0 Å². The highest BCUT2D eigenvalue weighted by Crippen LogP contribution is 2.39. The maximum atomic E-state index is 12.5. The van der Waals surface area contributed by atoms with Crippen molar-refractivity contribution in [2.45, 2.75) is 50.5 Å². The van der Waals surface area contributed by atoms with Crippen LogP contribution in [0.5, 0.6) is 0 Å². The number of aryl methyl sites for hydroxylation is 2. The zero-order chi connectivity index (χ0) is 21.6. The van der Waals surface area contributed by atoms with Crippen LogP contribution in [0.1, 0.15) is 44.3 Å². The van der Waals surface area contributed by atoms with E-state index in [1.54, 1.807) is 0 Å². The SMILES string of the molecule is Cn1c(CCCNC(=O)N2CC[C@@]3(O)CCCC[C@H]3C2)nc2ccccc21.O=CO. The lowest BCUT2D eigenvalue weighted by atomic mass is 9.71. The smallest absolute Gasteiger partial charge is 0.317 e. The van der Waals surface area contributed by atoms with E-state index in [4.69, 9.17) is 9.90 Å². The summed E-state index contributed by atoms with van der Waals surface area (Å²) in [5, 5.41) is 20.7. The van der Waals surface area contributed by atoms with Gasteiger partial charge in [-0.05, 0) is 37.8 Å². The van der Waals surface area contributed by atoms with Gasteiger partial charge in [0.2, 0.25) is 0 Å². The van der Waals surface area contributed by atoms with E-state index in [0.717, 1.165) is 49.0 Å². The summed E-state index contributed by atoms with van der Waals surface area (Å²) >= 11 is 0. The fourth-order valence-electron chi connectivity index (χ4n) is 4.73. The van der Waals surface area contributed by atoms with Crippen LogP contribution < -0.4 is 5.32 Å². The van der Waals surface area contributed by atoms with Crippen LogP contribution in [0.3, 0.4) is 0 Å². The molecule has 0 radical (unpaired) electrons. The zero-order valence-corrected chi connectivity index (χ0v) is 17.6. The molecule has 4 rings (SSSR count). The van der Waals surface area contributed by atoms with Crippen LogP contribution in [0, 0.1) is 5.92 Å². The summed E-state index contributed by atoms with van der Waals surface area (Å²) in [6.07, 6.45) is 6.63. The molecule has 30 heavy (non-hydrogen) atoms. The molecule has 2 fully saturated rings. The third-order valence-corrected chi connectivity index (χ3v) is 6.45. The Morgan fingerprint density at radius 3 is 2.87 bits per heavy atom. The highest BCUT2D eigenvalue weighted by atomic mass is 16.3. The third-order valence-electron chi connectivity index (χ3n) is 6.45. The number of piperidine rings is 1. The van der Waals surface area contributed by atoms with Gasteiger partial charge in [-0.1, -0.05) is 25.0 Å². The normalized spacial score (nSPS) is 23.3. The number of aliphatic hydroxyl groups is 1. The average molecular weight is 417 g/mol. The van der Waals surface area contributed by atoms with Crippen LogP contribution in [0.25, 0.3) is 11.0 Å². The minimum Gasteiger partial charge on any atom is -0.483 e. The van der Waals surface area contributed by atoms with E-state index in [9.17, 15) is 9.90 Å². The molecule has 1 aromatic heterocycles. The highest BCUT2D eigenvalue weighted by molar-refractivity contribution is 5.76. The largest absolute Gasteiger partial charge is 0.483 e. The molecule has 2 aliphatic rings. The van der Waals surface area contributed by atoms with Crippen molar-refractivity contribution in [3.63, 3.8) is 0 Å². The number of hydrogen-bond donors (Lipinski definition) is 3. The number of hydrogen-bond acceptors (Lipinski definition) is 4. The number of nitrogens with zero attached hydrogens (tertiary/aromatic N) is 3. The van der Waals surface area contributed by atoms with Crippen molar-refractivity contribution in [1.82, 2.24) is 19.8 Å². The molecule has 2 amide bonds. The number of imidazole rings is 1. The molecule has 164 valence electrons. The summed E-state index contributed by atoms with van der Waals surface area (Å²) in [4.78, 5) is 27.4. The van der Waals surface area contributed by atoms with E-state index in [2.05, 4.69) is 20.9 Å². The molecule has 1 saturated carbocycles. The van der Waals surface area contributed by atoms with Crippen molar-refractivity contribution in [2.75, 3.05) is 19.6 Å². The predicted molar refractivity (Wildman–Crippen MR) is 114 cm³/mol. The van der Waals surface area contributed by atoms with Crippen molar-refractivity contribution in [2.24, 2.45) is 13.0 Å². The molecule has 8 heteroatoms. The fraction of sp³-hybridized carbons (Fsp3) is 0.591. The van der Waals surface area contributed by atoms with Crippen LogP contribution >= 0.6 is 0 Å². The number of urea groups is 1. The molecule has 1 aliphatic heterocycles. The van der Waals surface area contributed by atoms with Gasteiger partial charge >= 0.3 is 6.03 Å². The van der Waals surface area contributed by atoms with Crippen LogP contribution in [-0.4, -0.2) is 62.4 Å². The van der Waals surface area contributed by atoms with Crippen molar-refractivity contribution < 1.29 is 19.8 Å². The Balaban J connectivity index is 0.000000806. The van der Waals surface area contributed by atoms with Gasteiger partial charge in [-0.3, -0.25) is 4.79 Å². The number of likely N-dealkylation sites (tertiary alicyclic amines) is 1. The van der Waals surface area contributed by atoms with Crippen molar-refractivity contribution >= 4 is 23.5 Å². The molecule has 1 aliphatic carbocycles. The number of carboxylic acid groups (broad SMARTS) is 1. The van der Waals surface area contributed by atoms with E-state index >= 15 is 0 Å². The number of fused-ring (bicyclic) bond motifs is 2. The quantitative estimate of drug-likeness (QED) is 0.524. The summed E-state index contributed by atoms with van der Waals surface area (Å²) in [6.45, 7) is 1.74. The predicted octanol–water partition coefficient (Wildman–Crippen LogP) is 2.54. The number of amides is 2. The summed E-state index contributed by atoms with van der Waals surface area (Å²) < 4.78 is 2.13. The highest BCUT2D eigenvalue weighted by Gasteiger charge is 2.43. The van der Waals surface area contributed by atoms with E-state index < -0.39 is 5.60 Å². The summed E-state index contributed by atoms with van der Waals surface area (Å²) in [5.74, 6) is 1.29. The van der Waals surface area contributed by atoms with E-state index in [1.807, 2.05) is 30.1 Å². The fourth-order valence-corrected chi connectivity index (χ4v) is 4.73. The molecule has 0 spiro atoms. The number of nitrogens with one attached hydrogen (secondary N) is 1.